The van der Waals surface area contributed by atoms with Gasteiger partial charge in [0.05, 0.1) is 25.2 Å². The quantitative estimate of drug-likeness (QED) is 0.785. The van der Waals surface area contributed by atoms with Gasteiger partial charge in [-0.25, -0.2) is 4.98 Å². The van der Waals surface area contributed by atoms with Gasteiger partial charge in [0.2, 0.25) is 0 Å². The summed E-state index contributed by atoms with van der Waals surface area (Å²) in [6, 6.07) is 3.52. The van der Waals surface area contributed by atoms with Gasteiger partial charge < -0.3 is 15.5 Å². The minimum Gasteiger partial charge on any atom is -0.467 e. The van der Waals surface area contributed by atoms with Crippen molar-refractivity contribution < 1.29 is 9.21 Å². The summed E-state index contributed by atoms with van der Waals surface area (Å²) >= 11 is 0. The SMILES string of the molecule is Nc1cncc(C(=O)NCc2ccco2)n1. The van der Waals surface area contributed by atoms with Crippen LogP contribution in [0, 0.1) is 0 Å². The zero-order valence-corrected chi connectivity index (χ0v) is 8.38. The second-order valence-corrected chi connectivity index (χ2v) is 3.09. The summed E-state index contributed by atoms with van der Waals surface area (Å²) in [6.45, 7) is 0.308. The molecule has 0 radical (unpaired) electrons. The Morgan fingerprint density at radius 3 is 3.06 bits per heavy atom. The van der Waals surface area contributed by atoms with E-state index in [9.17, 15) is 4.79 Å². The lowest BCUT2D eigenvalue weighted by atomic mass is 10.4. The highest BCUT2D eigenvalue weighted by Gasteiger charge is 2.08. The Kier molecular flexibility index (Phi) is 2.81. The molecule has 0 aromatic carbocycles. The molecule has 2 aromatic rings. The molecule has 0 bridgehead atoms. The molecule has 0 unspecified atom stereocenters. The van der Waals surface area contributed by atoms with Crippen LogP contribution in [0.4, 0.5) is 5.82 Å². The molecular weight excluding hydrogens is 208 g/mol. The van der Waals surface area contributed by atoms with E-state index >= 15 is 0 Å². The van der Waals surface area contributed by atoms with Crippen LogP contribution in [0.5, 0.6) is 0 Å². The highest BCUT2D eigenvalue weighted by molar-refractivity contribution is 5.92. The van der Waals surface area contributed by atoms with Crippen LogP contribution in [0.2, 0.25) is 0 Å². The second kappa shape index (κ2) is 4.43. The van der Waals surface area contributed by atoms with Gasteiger partial charge in [0.15, 0.2) is 0 Å². The summed E-state index contributed by atoms with van der Waals surface area (Å²) in [7, 11) is 0. The minimum atomic E-state index is -0.337. The molecular formula is C10H10N4O2. The Morgan fingerprint density at radius 2 is 2.38 bits per heavy atom. The van der Waals surface area contributed by atoms with Gasteiger partial charge in [-0.2, -0.15) is 0 Å². The van der Waals surface area contributed by atoms with Crippen molar-refractivity contribution in [3.05, 3.63) is 42.2 Å². The zero-order chi connectivity index (χ0) is 11.4. The van der Waals surface area contributed by atoms with E-state index in [0.717, 1.165) is 0 Å². The van der Waals surface area contributed by atoms with Crippen molar-refractivity contribution in [2.75, 3.05) is 5.73 Å². The van der Waals surface area contributed by atoms with Gasteiger partial charge in [-0.3, -0.25) is 9.78 Å². The molecule has 0 spiro atoms. The number of carbonyl (C=O) groups is 1. The molecule has 6 nitrogen and oxygen atoms in total. The first-order valence-electron chi connectivity index (χ1n) is 4.64. The molecule has 3 N–H and O–H groups in total. The summed E-state index contributed by atoms with van der Waals surface area (Å²) in [5, 5.41) is 2.64. The molecule has 0 atom stereocenters. The van der Waals surface area contributed by atoms with Crippen LogP contribution in [-0.4, -0.2) is 15.9 Å². The van der Waals surface area contributed by atoms with Crippen LogP contribution in [0.1, 0.15) is 16.2 Å². The molecule has 2 aromatic heterocycles. The summed E-state index contributed by atoms with van der Waals surface area (Å²) in [6.07, 6.45) is 4.28. The van der Waals surface area contributed by atoms with Crippen LogP contribution < -0.4 is 11.1 Å². The summed E-state index contributed by atoms with van der Waals surface area (Å²) in [4.78, 5) is 19.2. The molecule has 0 aliphatic heterocycles. The number of nitrogens with zero attached hydrogens (tertiary/aromatic N) is 2. The van der Waals surface area contributed by atoms with Crippen molar-refractivity contribution >= 4 is 11.7 Å². The molecule has 82 valence electrons. The number of rotatable bonds is 3. The predicted octanol–water partition coefficient (Wildman–Crippen LogP) is 0.582. The molecule has 6 heteroatoms. The molecule has 0 aliphatic carbocycles. The number of furan rings is 1. The lowest BCUT2D eigenvalue weighted by Crippen LogP contribution is -2.24. The number of hydrogen-bond acceptors (Lipinski definition) is 5. The van der Waals surface area contributed by atoms with Crippen molar-refractivity contribution in [1.82, 2.24) is 15.3 Å². The number of amides is 1. The normalized spacial score (nSPS) is 10.0. The summed E-state index contributed by atoms with van der Waals surface area (Å²) < 4.78 is 5.07. The Morgan fingerprint density at radius 1 is 1.50 bits per heavy atom. The van der Waals surface area contributed by atoms with Gasteiger partial charge in [-0.05, 0) is 12.1 Å². The molecule has 2 heterocycles. The fourth-order valence-corrected chi connectivity index (χ4v) is 1.16. The third kappa shape index (κ3) is 2.35. The average Bonchev–Trinajstić information content (AvgIpc) is 2.78. The Labute approximate surface area is 91.5 Å². The van der Waals surface area contributed by atoms with Crippen molar-refractivity contribution in [2.45, 2.75) is 6.54 Å². The van der Waals surface area contributed by atoms with E-state index in [1.807, 2.05) is 0 Å². The molecule has 0 saturated carbocycles. The van der Waals surface area contributed by atoms with Crippen LogP contribution in [0.25, 0.3) is 0 Å². The van der Waals surface area contributed by atoms with Crippen molar-refractivity contribution in [2.24, 2.45) is 0 Å². The van der Waals surface area contributed by atoms with E-state index in [1.165, 1.54) is 12.4 Å². The molecule has 0 saturated heterocycles. The monoisotopic (exact) mass is 218 g/mol. The standard InChI is InChI=1S/C10H10N4O2/c11-9-6-12-5-8(14-9)10(15)13-4-7-2-1-3-16-7/h1-3,5-6H,4H2,(H2,11,14)(H,13,15). The molecule has 1 amide bonds. The zero-order valence-electron chi connectivity index (χ0n) is 8.38. The maximum absolute atomic E-state index is 11.6. The van der Waals surface area contributed by atoms with E-state index in [4.69, 9.17) is 10.2 Å². The maximum Gasteiger partial charge on any atom is 0.271 e. The summed E-state index contributed by atoms with van der Waals surface area (Å²) in [5.74, 6) is 0.548. The fraction of sp³-hybridized carbons (Fsp3) is 0.100. The summed E-state index contributed by atoms with van der Waals surface area (Å²) in [5.41, 5.74) is 5.60. The van der Waals surface area contributed by atoms with Gasteiger partial charge in [0.25, 0.3) is 5.91 Å². The van der Waals surface area contributed by atoms with Crippen molar-refractivity contribution in [1.29, 1.82) is 0 Å². The molecule has 2 rings (SSSR count). The first-order valence-corrected chi connectivity index (χ1v) is 4.64. The van der Waals surface area contributed by atoms with Gasteiger partial charge in [0.1, 0.15) is 17.3 Å². The number of carbonyl (C=O) groups excluding carboxylic acids is 1. The van der Waals surface area contributed by atoms with E-state index in [2.05, 4.69) is 15.3 Å². The molecule has 0 fully saturated rings. The van der Waals surface area contributed by atoms with Crippen LogP contribution in [-0.2, 0) is 6.54 Å². The number of nitrogens with one attached hydrogen (secondary N) is 1. The number of aromatic nitrogens is 2. The van der Waals surface area contributed by atoms with E-state index in [0.29, 0.717) is 12.3 Å². The minimum absolute atomic E-state index is 0.187. The van der Waals surface area contributed by atoms with E-state index in [-0.39, 0.29) is 17.4 Å². The van der Waals surface area contributed by atoms with Crippen LogP contribution in [0.15, 0.2) is 35.2 Å². The first kappa shape index (κ1) is 10.2. The highest BCUT2D eigenvalue weighted by atomic mass is 16.3. The first-order chi connectivity index (χ1) is 7.75. The van der Waals surface area contributed by atoms with Gasteiger partial charge in [-0.1, -0.05) is 0 Å². The van der Waals surface area contributed by atoms with Crippen LogP contribution >= 0.6 is 0 Å². The molecule has 0 aliphatic rings. The lowest BCUT2D eigenvalue weighted by molar-refractivity contribution is 0.0943. The van der Waals surface area contributed by atoms with E-state index in [1.54, 1.807) is 18.4 Å². The topological polar surface area (TPSA) is 94.0 Å². The third-order valence-corrected chi connectivity index (χ3v) is 1.89. The third-order valence-electron chi connectivity index (χ3n) is 1.89. The van der Waals surface area contributed by atoms with Crippen molar-refractivity contribution in [3.63, 3.8) is 0 Å². The predicted molar refractivity (Wildman–Crippen MR) is 56.3 cm³/mol. The largest absolute Gasteiger partial charge is 0.467 e. The van der Waals surface area contributed by atoms with Crippen LogP contribution in [0.3, 0.4) is 0 Å². The molecule has 16 heavy (non-hydrogen) atoms. The Balaban J connectivity index is 1.98. The number of nitrogen functional groups attached to an aromatic ring is 1. The van der Waals surface area contributed by atoms with Crippen molar-refractivity contribution in [3.8, 4) is 0 Å². The second-order valence-electron chi connectivity index (χ2n) is 3.09. The number of anilines is 1. The number of nitrogens with two attached hydrogens (primary N) is 1. The average molecular weight is 218 g/mol. The van der Waals surface area contributed by atoms with E-state index < -0.39 is 0 Å². The Hall–Kier alpha value is -2.37. The van der Waals surface area contributed by atoms with Gasteiger partial charge in [0, 0.05) is 0 Å². The highest BCUT2D eigenvalue weighted by Crippen LogP contribution is 2.01. The van der Waals surface area contributed by atoms with Gasteiger partial charge >= 0.3 is 0 Å². The lowest BCUT2D eigenvalue weighted by Gasteiger charge is -2.02. The number of hydrogen-bond donors (Lipinski definition) is 2. The maximum atomic E-state index is 11.6. The smallest absolute Gasteiger partial charge is 0.271 e. The Bertz CT molecular complexity index is 481. The fourth-order valence-electron chi connectivity index (χ4n) is 1.16. The van der Waals surface area contributed by atoms with Gasteiger partial charge in [-0.15, -0.1) is 0 Å².